The number of hydrogen-bond donors (Lipinski definition) is 1. The Morgan fingerprint density at radius 2 is 2.05 bits per heavy atom. The second kappa shape index (κ2) is 5.80. The zero-order chi connectivity index (χ0) is 15.0. The van der Waals surface area contributed by atoms with Gasteiger partial charge in [-0.2, -0.15) is 0 Å². The average Bonchev–Trinajstić information content (AvgIpc) is 2.84. The molecule has 2 aliphatic rings. The van der Waals surface area contributed by atoms with Crippen molar-refractivity contribution < 1.29 is 4.74 Å². The van der Waals surface area contributed by atoms with E-state index in [2.05, 4.69) is 26.1 Å². The van der Waals surface area contributed by atoms with Crippen LogP contribution in [-0.4, -0.2) is 42.9 Å². The highest BCUT2D eigenvalue weighted by Gasteiger charge is 2.72. The van der Waals surface area contributed by atoms with Crippen molar-refractivity contribution >= 4 is 17.3 Å². The number of nitrogens with zero attached hydrogens (tertiary/aromatic N) is 1. The van der Waals surface area contributed by atoms with Crippen LogP contribution in [0.2, 0.25) is 0 Å². The van der Waals surface area contributed by atoms with E-state index in [4.69, 9.17) is 17.0 Å². The Bertz CT molecular complexity index is 369. The highest BCUT2D eigenvalue weighted by molar-refractivity contribution is 7.80. The number of ether oxygens (including phenoxy) is 1. The van der Waals surface area contributed by atoms with Crippen molar-refractivity contribution in [2.24, 2.45) is 17.3 Å². The van der Waals surface area contributed by atoms with E-state index in [1.54, 1.807) is 0 Å². The molecule has 116 valence electrons. The van der Waals surface area contributed by atoms with Crippen molar-refractivity contribution in [2.45, 2.75) is 52.1 Å². The molecule has 20 heavy (non-hydrogen) atoms. The smallest absolute Gasteiger partial charge is 0.168 e. The molecule has 1 N–H and O–H groups in total. The first-order valence-electron chi connectivity index (χ1n) is 7.90. The minimum absolute atomic E-state index is 0.173. The Kier molecular flexibility index (Phi) is 4.65. The highest BCUT2D eigenvalue weighted by atomic mass is 32.1. The van der Waals surface area contributed by atoms with Crippen molar-refractivity contribution in [1.82, 2.24) is 10.2 Å². The largest absolute Gasteiger partial charge is 0.374 e. The van der Waals surface area contributed by atoms with E-state index in [1.165, 1.54) is 19.3 Å². The van der Waals surface area contributed by atoms with Gasteiger partial charge in [-0.15, -0.1) is 0 Å². The standard InChI is InChI=1S/C16H30N2OS/c1-12-7-8-13-15(2,3)16(13,11-12)19-10-6-9-17-14(20)18(4)5/h12-13H,6-11H2,1-5H3,(H,17,20). The first-order chi connectivity index (χ1) is 9.31. The number of nitrogens with one attached hydrogen (secondary N) is 1. The number of rotatable bonds is 5. The molecule has 3 nitrogen and oxygen atoms in total. The molecule has 0 radical (unpaired) electrons. The molecule has 2 fully saturated rings. The zero-order valence-electron chi connectivity index (χ0n) is 13.7. The summed E-state index contributed by atoms with van der Waals surface area (Å²) in [6, 6.07) is 0. The van der Waals surface area contributed by atoms with E-state index < -0.39 is 0 Å². The summed E-state index contributed by atoms with van der Waals surface area (Å²) in [6.45, 7) is 8.88. The lowest BCUT2D eigenvalue weighted by atomic mass is 9.88. The van der Waals surface area contributed by atoms with Gasteiger partial charge in [-0.25, -0.2) is 0 Å². The van der Waals surface area contributed by atoms with Crippen LogP contribution in [-0.2, 0) is 4.74 Å². The molecule has 0 heterocycles. The van der Waals surface area contributed by atoms with Crippen LogP contribution in [0.1, 0.15) is 46.5 Å². The predicted octanol–water partition coefficient (Wildman–Crippen LogP) is 3.04. The number of fused-ring (bicyclic) bond motifs is 1. The lowest BCUT2D eigenvalue weighted by Crippen LogP contribution is -2.35. The van der Waals surface area contributed by atoms with E-state index in [9.17, 15) is 0 Å². The summed E-state index contributed by atoms with van der Waals surface area (Å²) in [7, 11) is 3.93. The molecule has 0 aromatic rings. The quantitative estimate of drug-likeness (QED) is 0.623. The third-order valence-electron chi connectivity index (χ3n) is 5.40. The third kappa shape index (κ3) is 2.82. The lowest BCUT2D eigenvalue weighted by Gasteiger charge is -2.28. The summed E-state index contributed by atoms with van der Waals surface area (Å²) in [5.74, 6) is 1.59. The normalized spacial score (nSPS) is 34.2. The van der Waals surface area contributed by atoms with Gasteiger partial charge in [-0.3, -0.25) is 0 Å². The van der Waals surface area contributed by atoms with Crippen LogP contribution in [0.25, 0.3) is 0 Å². The molecule has 0 aromatic carbocycles. The van der Waals surface area contributed by atoms with Gasteiger partial charge in [0, 0.05) is 27.2 Å². The van der Waals surface area contributed by atoms with E-state index in [0.717, 1.165) is 36.5 Å². The topological polar surface area (TPSA) is 24.5 Å². The van der Waals surface area contributed by atoms with E-state index >= 15 is 0 Å². The SMILES string of the molecule is CC1CCC2C(C)(C)C2(OCCCNC(=S)N(C)C)C1. The van der Waals surface area contributed by atoms with Gasteiger partial charge in [0.1, 0.15) is 0 Å². The first-order valence-corrected chi connectivity index (χ1v) is 8.31. The molecule has 0 saturated heterocycles. The molecule has 3 unspecified atom stereocenters. The molecule has 0 amide bonds. The van der Waals surface area contributed by atoms with Crippen LogP contribution in [0.3, 0.4) is 0 Å². The van der Waals surface area contributed by atoms with Gasteiger partial charge in [0.2, 0.25) is 0 Å². The van der Waals surface area contributed by atoms with Crippen LogP contribution >= 0.6 is 12.2 Å². The van der Waals surface area contributed by atoms with Crippen molar-refractivity contribution in [3.05, 3.63) is 0 Å². The second-order valence-electron chi connectivity index (χ2n) is 7.38. The lowest BCUT2D eigenvalue weighted by molar-refractivity contribution is -0.0257. The zero-order valence-corrected chi connectivity index (χ0v) is 14.5. The van der Waals surface area contributed by atoms with E-state index in [1.807, 2.05) is 19.0 Å². The van der Waals surface area contributed by atoms with Gasteiger partial charge >= 0.3 is 0 Å². The van der Waals surface area contributed by atoms with Crippen LogP contribution in [0, 0.1) is 17.3 Å². The van der Waals surface area contributed by atoms with Crippen LogP contribution < -0.4 is 5.32 Å². The number of thiocarbonyl (C=S) groups is 1. The van der Waals surface area contributed by atoms with Crippen molar-refractivity contribution in [2.75, 3.05) is 27.2 Å². The van der Waals surface area contributed by atoms with Crippen molar-refractivity contribution in [3.63, 3.8) is 0 Å². The Balaban J connectivity index is 1.73. The molecular formula is C16H30N2OS. The summed E-state index contributed by atoms with van der Waals surface area (Å²) in [5.41, 5.74) is 0.552. The molecule has 0 spiro atoms. The molecule has 0 aliphatic heterocycles. The van der Waals surface area contributed by atoms with Crippen LogP contribution in [0.15, 0.2) is 0 Å². The maximum Gasteiger partial charge on any atom is 0.168 e. The summed E-state index contributed by atoms with van der Waals surface area (Å²) in [4.78, 5) is 1.93. The Morgan fingerprint density at radius 3 is 2.70 bits per heavy atom. The first kappa shape index (κ1) is 16.0. The number of hydrogen-bond acceptors (Lipinski definition) is 2. The molecular weight excluding hydrogens is 268 g/mol. The predicted molar refractivity (Wildman–Crippen MR) is 87.9 cm³/mol. The summed E-state index contributed by atoms with van der Waals surface area (Å²) < 4.78 is 6.38. The monoisotopic (exact) mass is 298 g/mol. The van der Waals surface area contributed by atoms with Gasteiger partial charge in [-0.1, -0.05) is 27.2 Å². The van der Waals surface area contributed by atoms with Crippen LogP contribution in [0.5, 0.6) is 0 Å². The Morgan fingerprint density at radius 1 is 1.35 bits per heavy atom. The summed E-state index contributed by atoms with van der Waals surface area (Å²) in [5, 5.41) is 4.06. The second-order valence-corrected chi connectivity index (χ2v) is 7.77. The summed E-state index contributed by atoms with van der Waals surface area (Å²) >= 11 is 5.21. The average molecular weight is 298 g/mol. The van der Waals surface area contributed by atoms with Gasteiger partial charge in [-0.05, 0) is 48.7 Å². The van der Waals surface area contributed by atoms with E-state index in [-0.39, 0.29) is 5.60 Å². The van der Waals surface area contributed by atoms with Gasteiger partial charge in [0.15, 0.2) is 5.11 Å². The van der Waals surface area contributed by atoms with Gasteiger partial charge in [0.25, 0.3) is 0 Å². The molecule has 0 aromatic heterocycles. The Labute approximate surface area is 129 Å². The maximum atomic E-state index is 6.38. The minimum atomic E-state index is 0.173. The third-order valence-corrected chi connectivity index (χ3v) is 5.91. The highest BCUT2D eigenvalue weighted by Crippen LogP contribution is 2.70. The van der Waals surface area contributed by atoms with Crippen LogP contribution in [0.4, 0.5) is 0 Å². The Hall–Kier alpha value is -0.350. The molecule has 2 saturated carbocycles. The minimum Gasteiger partial charge on any atom is -0.374 e. The fourth-order valence-corrected chi connectivity index (χ4v) is 4.12. The molecule has 2 rings (SSSR count). The van der Waals surface area contributed by atoms with E-state index in [0.29, 0.717) is 5.41 Å². The van der Waals surface area contributed by atoms with Gasteiger partial charge < -0.3 is 15.0 Å². The fourth-order valence-electron chi connectivity index (χ4n) is 4.02. The van der Waals surface area contributed by atoms with Gasteiger partial charge in [0.05, 0.1) is 5.60 Å². The summed E-state index contributed by atoms with van der Waals surface area (Å²) in [6.07, 6.45) is 4.98. The molecule has 4 heteroatoms. The molecule has 0 bridgehead atoms. The molecule has 2 aliphatic carbocycles. The van der Waals surface area contributed by atoms with Crippen molar-refractivity contribution in [3.8, 4) is 0 Å². The fraction of sp³-hybridized carbons (Fsp3) is 0.938. The van der Waals surface area contributed by atoms with Crippen molar-refractivity contribution in [1.29, 1.82) is 0 Å². The maximum absolute atomic E-state index is 6.38. The molecule has 3 atom stereocenters.